The first-order valence-corrected chi connectivity index (χ1v) is 7.57. The molecule has 0 aliphatic carbocycles. The maximum Gasteiger partial charge on any atom is 0.0618 e. The molecule has 0 aromatic heterocycles. The summed E-state index contributed by atoms with van der Waals surface area (Å²) < 4.78 is 5.27. The molecular formula is C19H25NO. The summed E-state index contributed by atoms with van der Waals surface area (Å²) >= 11 is 0. The first-order valence-electron chi connectivity index (χ1n) is 7.57. The van der Waals surface area contributed by atoms with Crippen LogP contribution in [-0.4, -0.2) is 19.8 Å². The minimum atomic E-state index is 0.392. The second-order valence-corrected chi connectivity index (χ2v) is 5.75. The van der Waals surface area contributed by atoms with Crippen LogP contribution in [0.4, 0.5) is 0 Å². The molecule has 2 aromatic carbocycles. The standard InChI is InChI=1S/C19H25NO/c1-15(2)19(14-21-3)20-13-16-9-11-18(12-10-16)17-7-5-4-6-8-17/h4-12,15,19-20H,13-14H2,1-3H3. The van der Waals surface area contributed by atoms with Crippen LogP contribution in [0.5, 0.6) is 0 Å². The predicted molar refractivity (Wildman–Crippen MR) is 89.2 cm³/mol. The normalized spacial score (nSPS) is 12.6. The number of nitrogens with one attached hydrogen (secondary N) is 1. The Bertz CT molecular complexity index is 519. The van der Waals surface area contributed by atoms with Gasteiger partial charge in [-0.05, 0) is 22.6 Å². The van der Waals surface area contributed by atoms with Crippen molar-refractivity contribution in [2.45, 2.75) is 26.4 Å². The van der Waals surface area contributed by atoms with Crippen molar-refractivity contribution in [2.24, 2.45) is 5.92 Å². The molecule has 1 N–H and O–H groups in total. The van der Waals surface area contributed by atoms with Gasteiger partial charge in [-0.1, -0.05) is 68.4 Å². The zero-order valence-corrected chi connectivity index (χ0v) is 13.2. The molecule has 0 saturated carbocycles. The van der Waals surface area contributed by atoms with E-state index in [1.54, 1.807) is 7.11 Å². The maximum atomic E-state index is 5.27. The molecule has 112 valence electrons. The molecule has 0 amide bonds. The van der Waals surface area contributed by atoms with E-state index in [1.807, 2.05) is 6.07 Å². The van der Waals surface area contributed by atoms with Crippen LogP contribution in [0, 0.1) is 5.92 Å². The average Bonchev–Trinajstić information content (AvgIpc) is 2.52. The van der Waals surface area contributed by atoms with Gasteiger partial charge < -0.3 is 10.1 Å². The maximum absolute atomic E-state index is 5.27. The van der Waals surface area contributed by atoms with Gasteiger partial charge in [-0.25, -0.2) is 0 Å². The molecule has 0 aliphatic heterocycles. The van der Waals surface area contributed by atoms with E-state index >= 15 is 0 Å². The molecule has 1 unspecified atom stereocenters. The van der Waals surface area contributed by atoms with Crippen molar-refractivity contribution in [1.29, 1.82) is 0 Å². The summed E-state index contributed by atoms with van der Waals surface area (Å²) in [6.07, 6.45) is 0. The second kappa shape index (κ2) is 7.96. The van der Waals surface area contributed by atoms with Crippen molar-refractivity contribution in [2.75, 3.05) is 13.7 Å². The van der Waals surface area contributed by atoms with Gasteiger partial charge in [0, 0.05) is 19.7 Å². The van der Waals surface area contributed by atoms with Gasteiger partial charge in [-0.15, -0.1) is 0 Å². The molecule has 2 rings (SSSR count). The second-order valence-electron chi connectivity index (χ2n) is 5.75. The fraction of sp³-hybridized carbons (Fsp3) is 0.368. The van der Waals surface area contributed by atoms with E-state index in [0.29, 0.717) is 12.0 Å². The van der Waals surface area contributed by atoms with Gasteiger partial charge in [0.15, 0.2) is 0 Å². The molecule has 2 nitrogen and oxygen atoms in total. The van der Waals surface area contributed by atoms with E-state index < -0.39 is 0 Å². The van der Waals surface area contributed by atoms with Crippen molar-refractivity contribution in [1.82, 2.24) is 5.32 Å². The highest BCUT2D eigenvalue weighted by Crippen LogP contribution is 2.19. The molecule has 1 atom stereocenters. The Balaban J connectivity index is 1.96. The summed E-state index contributed by atoms with van der Waals surface area (Å²) in [6.45, 7) is 6.06. The molecule has 0 radical (unpaired) electrons. The molecule has 0 saturated heterocycles. The minimum absolute atomic E-state index is 0.392. The third-order valence-electron chi connectivity index (χ3n) is 3.78. The Kier molecular flexibility index (Phi) is 5.97. The highest BCUT2D eigenvalue weighted by molar-refractivity contribution is 5.63. The summed E-state index contributed by atoms with van der Waals surface area (Å²) in [6, 6.07) is 19.6. The zero-order chi connectivity index (χ0) is 15.1. The van der Waals surface area contributed by atoms with E-state index in [1.165, 1.54) is 16.7 Å². The first-order chi connectivity index (χ1) is 10.2. The van der Waals surface area contributed by atoms with Crippen molar-refractivity contribution < 1.29 is 4.74 Å². The van der Waals surface area contributed by atoms with Crippen LogP contribution in [0.25, 0.3) is 11.1 Å². The third kappa shape index (κ3) is 4.69. The molecule has 2 aromatic rings. The lowest BCUT2D eigenvalue weighted by molar-refractivity contribution is 0.146. The Morgan fingerprint density at radius 3 is 2.10 bits per heavy atom. The molecule has 21 heavy (non-hydrogen) atoms. The minimum Gasteiger partial charge on any atom is -0.383 e. The fourth-order valence-electron chi connectivity index (χ4n) is 2.36. The fourth-order valence-corrected chi connectivity index (χ4v) is 2.36. The van der Waals surface area contributed by atoms with Crippen LogP contribution >= 0.6 is 0 Å². The predicted octanol–water partition coefficient (Wildman–Crippen LogP) is 4.11. The molecule has 0 heterocycles. The van der Waals surface area contributed by atoms with Crippen molar-refractivity contribution in [3.8, 4) is 11.1 Å². The van der Waals surface area contributed by atoms with Gasteiger partial charge in [-0.3, -0.25) is 0 Å². The lowest BCUT2D eigenvalue weighted by Crippen LogP contribution is -2.37. The monoisotopic (exact) mass is 283 g/mol. The summed E-state index contributed by atoms with van der Waals surface area (Å²) in [5.41, 5.74) is 3.82. The third-order valence-corrected chi connectivity index (χ3v) is 3.78. The first kappa shape index (κ1) is 15.7. The number of rotatable bonds is 7. The lowest BCUT2D eigenvalue weighted by atomic mass is 10.0. The van der Waals surface area contributed by atoms with E-state index in [0.717, 1.165) is 13.2 Å². The van der Waals surface area contributed by atoms with Crippen LogP contribution in [0.15, 0.2) is 54.6 Å². The number of methoxy groups -OCH3 is 1. The van der Waals surface area contributed by atoms with Gasteiger partial charge in [0.1, 0.15) is 0 Å². The molecule has 0 bridgehead atoms. The van der Waals surface area contributed by atoms with Crippen molar-refractivity contribution in [3.05, 3.63) is 60.2 Å². The van der Waals surface area contributed by atoms with Gasteiger partial charge in [-0.2, -0.15) is 0 Å². The van der Waals surface area contributed by atoms with Crippen LogP contribution in [0.2, 0.25) is 0 Å². The average molecular weight is 283 g/mol. The number of benzene rings is 2. The lowest BCUT2D eigenvalue weighted by Gasteiger charge is -2.21. The Morgan fingerprint density at radius 1 is 0.905 bits per heavy atom. The summed E-state index contributed by atoms with van der Waals surface area (Å²) in [5.74, 6) is 0.563. The number of hydrogen-bond donors (Lipinski definition) is 1. The quantitative estimate of drug-likeness (QED) is 0.825. The summed E-state index contributed by atoms with van der Waals surface area (Å²) in [7, 11) is 1.76. The Morgan fingerprint density at radius 2 is 1.52 bits per heavy atom. The smallest absolute Gasteiger partial charge is 0.0618 e. The van der Waals surface area contributed by atoms with Gasteiger partial charge in [0.05, 0.1) is 6.61 Å². The molecule has 2 heteroatoms. The zero-order valence-electron chi connectivity index (χ0n) is 13.2. The van der Waals surface area contributed by atoms with Crippen LogP contribution in [0.1, 0.15) is 19.4 Å². The Hall–Kier alpha value is -1.64. The van der Waals surface area contributed by atoms with Crippen LogP contribution < -0.4 is 5.32 Å². The van der Waals surface area contributed by atoms with Crippen molar-refractivity contribution >= 4 is 0 Å². The van der Waals surface area contributed by atoms with Crippen LogP contribution in [-0.2, 0) is 11.3 Å². The molecule has 0 spiro atoms. The van der Waals surface area contributed by atoms with Gasteiger partial charge in [0.2, 0.25) is 0 Å². The summed E-state index contributed by atoms with van der Waals surface area (Å²) in [5, 5.41) is 3.57. The van der Waals surface area contributed by atoms with Gasteiger partial charge in [0.25, 0.3) is 0 Å². The van der Waals surface area contributed by atoms with E-state index in [9.17, 15) is 0 Å². The number of hydrogen-bond acceptors (Lipinski definition) is 2. The number of ether oxygens (including phenoxy) is 1. The SMILES string of the molecule is COCC(NCc1ccc(-c2ccccc2)cc1)C(C)C. The van der Waals surface area contributed by atoms with E-state index in [4.69, 9.17) is 4.74 Å². The van der Waals surface area contributed by atoms with E-state index in [2.05, 4.69) is 67.7 Å². The molecular weight excluding hydrogens is 258 g/mol. The molecule has 0 fully saturated rings. The largest absolute Gasteiger partial charge is 0.383 e. The Labute approximate surface area is 128 Å². The molecule has 0 aliphatic rings. The highest BCUT2D eigenvalue weighted by Gasteiger charge is 2.12. The van der Waals surface area contributed by atoms with E-state index in [-0.39, 0.29) is 0 Å². The highest BCUT2D eigenvalue weighted by atomic mass is 16.5. The van der Waals surface area contributed by atoms with Gasteiger partial charge >= 0.3 is 0 Å². The van der Waals surface area contributed by atoms with Crippen molar-refractivity contribution in [3.63, 3.8) is 0 Å². The topological polar surface area (TPSA) is 21.3 Å². The van der Waals surface area contributed by atoms with Crippen LogP contribution in [0.3, 0.4) is 0 Å². The summed E-state index contributed by atoms with van der Waals surface area (Å²) in [4.78, 5) is 0.